The van der Waals surface area contributed by atoms with Gasteiger partial charge < -0.3 is 26.4 Å². The van der Waals surface area contributed by atoms with Crippen molar-refractivity contribution in [3.05, 3.63) is 29.8 Å². The average Bonchev–Trinajstić information content (AvgIpc) is 2.61. The van der Waals surface area contributed by atoms with Gasteiger partial charge in [-0.3, -0.25) is 9.59 Å². The van der Waals surface area contributed by atoms with Crippen LogP contribution >= 0.6 is 24.8 Å². The molecule has 5 N–H and O–H groups in total. The summed E-state index contributed by atoms with van der Waals surface area (Å²) in [6.45, 7) is 2.98. The zero-order valence-corrected chi connectivity index (χ0v) is 17.2. The number of benzene rings is 1. The number of piperidine rings is 1. The number of amides is 2. The number of nitrogens with one attached hydrogen (secondary N) is 1. The van der Waals surface area contributed by atoms with Crippen LogP contribution in [0.25, 0.3) is 0 Å². The highest BCUT2D eigenvalue weighted by molar-refractivity contribution is 5.94. The molecule has 1 aromatic carbocycles. The van der Waals surface area contributed by atoms with Gasteiger partial charge in [0.25, 0.3) is 0 Å². The monoisotopic (exact) mass is 420 g/mol. The second-order valence-electron chi connectivity index (χ2n) is 6.52. The van der Waals surface area contributed by atoms with Gasteiger partial charge in [-0.1, -0.05) is 12.1 Å². The number of carbonyl (C=O) groups excluding carboxylic acids is 2. The molecule has 0 aromatic heterocycles. The van der Waals surface area contributed by atoms with E-state index in [0.29, 0.717) is 0 Å². The molecule has 0 aliphatic carbocycles. The molecule has 0 spiro atoms. The molecule has 1 saturated heterocycles. The van der Waals surface area contributed by atoms with Gasteiger partial charge in [0.2, 0.25) is 11.8 Å². The number of likely N-dealkylation sites (tertiary alicyclic amines) is 1. The molecule has 27 heavy (non-hydrogen) atoms. The first-order valence-electron chi connectivity index (χ1n) is 8.65. The Bertz CT molecular complexity index is 578. The highest BCUT2D eigenvalue weighted by Crippen LogP contribution is 2.17. The van der Waals surface area contributed by atoms with Gasteiger partial charge >= 0.3 is 0 Å². The molecule has 154 valence electrons. The molecule has 1 aliphatic heterocycles. The van der Waals surface area contributed by atoms with Crippen LogP contribution in [0.2, 0.25) is 0 Å². The number of methoxy groups -OCH3 is 1. The third kappa shape index (κ3) is 8.45. The van der Waals surface area contributed by atoms with Crippen molar-refractivity contribution in [3.63, 3.8) is 0 Å². The number of hydrogen-bond donors (Lipinski definition) is 3. The van der Waals surface area contributed by atoms with E-state index >= 15 is 0 Å². The van der Waals surface area contributed by atoms with E-state index in [4.69, 9.17) is 16.2 Å². The number of nitrogens with zero attached hydrogens (tertiary/aromatic N) is 1. The van der Waals surface area contributed by atoms with Gasteiger partial charge in [0.05, 0.1) is 6.61 Å². The minimum absolute atomic E-state index is 0. The van der Waals surface area contributed by atoms with Crippen LogP contribution in [0.15, 0.2) is 24.3 Å². The van der Waals surface area contributed by atoms with Crippen LogP contribution in [0.3, 0.4) is 0 Å². The SMILES string of the molecule is COCC(N)C(=O)Nc1ccc(CCN2CCC(C(N)=O)CC2)cc1.Cl.Cl. The molecule has 2 rings (SSSR count). The first-order chi connectivity index (χ1) is 12.0. The van der Waals surface area contributed by atoms with E-state index in [1.165, 1.54) is 12.7 Å². The normalized spacial score (nSPS) is 15.9. The number of hydrogen-bond acceptors (Lipinski definition) is 5. The van der Waals surface area contributed by atoms with Crippen LogP contribution in [0.4, 0.5) is 5.69 Å². The van der Waals surface area contributed by atoms with E-state index in [0.717, 1.165) is 44.6 Å². The molecule has 1 aliphatic rings. The Kier molecular flexibility index (Phi) is 12.2. The molecular formula is C18H30Cl2N4O3. The lowest BCUT2D eigenvalue weighted by atomic mass is 9.96. The zero-order valence-electron chi connectivity index (χ0n) is 15.6. The summed E-state index contributed by atoms with van der Waals surface area (Å²) >= 11 is 0. The highest BCUT2D eigenvalue weighted by atomic mass is 35.5. The average molecular weight is 421 g/mol. The molecule has 9 heteroatoms. The van der Waals surface area contributed by atoms with Crippen LogP contribution in [0, 0.1) is 5.92 Å². The van der Waals surface area contributed by atoms with Crippen molar-refractivity contribution in [2.45, 2.75) is 25.3 Å². The van der Waals surface area contributed by atoms with Crippen LogP contribution in [-0.4, -0.2) is 56.1 Å². The summed E-state index contributed by atoms with van der Waals surface area (Å²) in [4.78, 5) is 25.4. The Hall–Kier alpha value is -1.38. The number of nitrogens with two attached hydrogens (primary N) is 2. The molecule has 1 aromatic rings. The van der Waals surface area contributed by atoms with Crippen molar-refractivity contribution in [3.8, 4) is 0 Å². The van der Waals surface area contributed by atoms with E-state index in [1.54, 1.807) is 0 Å². The summed E-state index contributed by atoms with van der Waals surface area (Å²) < 4.78 is 4.87. The van der Waals surface area contributed by atoms with Gasteiger partial charge in [-0.15, -0.1) is 24.8 Å². The number of primary amides is 1. The van der Waals surface area contributed by atoms with Gasteiger partial charge in [0, 0.05) is 25.3 Å². The van der Waals surface area contributed by atoms with Crippen molar-refractivity contribution < 1.29 is 14.3 Å². The van der Waals surface area contributed by atoms with Gasteiger partial charge in [-0.2, -0.15) is 0 Å². The predicted molar refractivity (Wildman–Crippen MR) is 111 cm³/mol. The molecular weight excluding hydrogens is 391 g/mol. The number of halogens is 2. The topological polar surface area (TPSA) is 111 Å². The third-order valence-corrected chi connectivity index (χ3v) is 4.61. The molecule has 0 saturated carbocycles. The molecule has 1 heterocycles. The number of carbonyl (C=O) groups is 2. The van der Waals surface area contributed by atoms with Crippen LogP contribution in [0.5, 0.6) is 0 Å². The first-order valence-corrected chi connectivity index (χ1v) is 8.65. The summed E-state index contributed by atoms with van der Waals surface area (Å²) in [6, 6.07) is 7.10. The Balaban J connectivity index is 0.00000338. The lowest BCUT2D eigenvalue weighted by molar-refractivity contribution is -0.123. The van der Waals surface area contributed by atoms with Crippen molar-refractivity contribution >= 4 is 42.3 Å². The van der Waals surface area contributed by atoms with Gasteiger partial charge in [0.1, 0.15) is 6.04 Å². The van der Waals surface area contributed by atoms with Crippen LogP contribution in [0.1, 0.15) is 18.4 Å². The van der Waals surface area contributed by atoms with Crippen molar-refractivity contribution in [2.75, 3.05) is 38.7 Å². The summed E-state index contributed by atoms with van der Waals surface area (Å²) in [7, 11) is 1.51. The second kappa shape index (κ2) is 12.9. The van der Waals surface area contributed by atoms with Crippen LogP contribution in [-0.2, 0) is 20.7 Å². The molecule has 7 nitrogen and oxygen atoms in total. The smallest absolute Gasteiger partial charge is 0.243 e. The number of anilines is 1. The molecule has 1 atom stereocenters. The molecule has 1 fully saturated rings. The maximum atomic E-state index is 11.8. The highest BCUT2D eigenvalue weighted by Gasteiger charge is 2.22. The fourth-order valence-electron chi connectivity index (χ4n) is 2.97. The second-order valence-corrected chi connectivity index (χ2v) is 6.52. The maximum Gasteiger partial charge on any atom is 0.243 e. The van der Waals surface area contributed by atoms with Crippen molar-refractivity contribution in [1.29, 1.82) is 0 Å². The van der Waals surface area contributed by atoms with E-state index in [1.807, 2.05) is 24.3 Å². The van der Waals surface area contributed by atoms with Gasteiger partial charge in [-0.05, 0) is 50.0 Å². The number of ether oxygens (including phenoxy) is 1. The number of rotatable bonds is 8. The largest absolute Gasteiger partial charge is 0.383 e. The fourth-order valence-corrected chi connectivity index (χ4v) is 2.97. The summed E-state index contributed by atoms with van der Waals surface area (Å²) in [6.07, 6.45) is 2.63. The van der Waals surface area contributed by atoms with E-state index in [9.17, 15) is 9.59 Å². The Labute approximate surface area is 173 Å². The zero-order chi connectivity index (χ0) is 18.2. The summed E-state index contributed by atoms with van der Waals surface area (Å²) in [5.74, 6) is -0.405. The van der Waals surface area contributed by atoms with E-state index in [-0.39, 0.29) is 49.2 Å². The third-order valence-electron chi connectivity index (χ3n) is 4.61. The lowest BCUT2D eigenvalue weighted by Crippen LogP contribution is -2.39. The Morgan fingerprint density at radius 2 is 1.81 bits per heavy atom. The van der Waals surface area contributed by atoms with Gasteiger partial charge in [-0.25, -0.2) is 0 Å². The Morgan fingerprint density at radius 3 is 2.33 bits per heavy atom. The van der Waals surface area contributed by atoms with E-state index < -0.39 is 6.04 Å². The minimum atomic E-state index is -0.673. The Morgan fingerprint density at radius 1 is 1.22 bits per heavy atom. The van der Waals surface area contributed by atoms with Crippen molar-refractivity contribution in [1.82, 2.24) is 4.90 Å². The summed E-state index contributed by atoms with van der Waals surface area (Å²) in [5.41, 5.74) is 13.0. The first kappa shape index (κ1) is 25.6. The lowest BCUT2D eigenvalue weighted by Gasteiger charge is -2.30. The standard InChI is InChI=1S/C18H28N4O3.2ClH/c1-25-12-16(19)18(24)21-15-4-2-13(3-5-15)6-9-22-10-7-14(8-11-22)17(20)23;;/h2-5,14,16H,6-12,19H2,1H3,(H2,20,23)(H,21,24);2*1H. The predicted octanol–water partition coefficient (Wildman–Crippen LogP) is 1.18. The minimum Gasteiger partial charge on any atom is -0.383 e. The fraction of sp³-hybridized carbons (Fsp3) is 0.556. The van der Waals surface area contributed by atoms with Crippen LogP contribution < -0.4 is 16.8 Å². The van der Waals surface area contributed by atoms with E-state index in [2.05, 4.69) is 10.2 Å². The quantitative estimate of drug-likeness (QED) is 0.584. The van der Waals surface area contributed by atoms with Gasteiger partial charge in [0.15, 0.2) is 0 Å². The molecule has 0 bridgehead atoms. The van der Waals surface area contributed by atoms with Crippen molar-refractivity contribution in [2.24, 2.45) is 17.4 Å². The molecule has 2 amide bonds. The maximum absolute atomic E-state index is 11.8. The summed E-state index contributed by atoms with van der Waals surface area (Å²) in [5, 5.41) is 2.78. The molecule has 1 unspecified atom stereocenters. The molecule has 0 radical (unpaired) electrons.